The number of pyridine rings is 1. The molecule has 1 fully saturated rings. The maximum atomic E-state index is 12.4. The first-order valence-electron chi connectivity index (χ1n) is 7.12. The van der Waals surface area contributed by atoms with Crippen LogP contribution in [0.15, 0.2) is 35.0 Å². The number of rotatable bonds is 3. The Morgan fingerprint density at radius 3 is 3.10 bits per heavy atom. The van der Waals surface area contributed by atoms with E-state index in [2.05, 4.69) is 15.5 Å². The fourth-order valence-corrected chi connectivity index (χ4v) is 2.56. The third-order valence-corrected chi connectivity index (χ3v) is 3.77. The molecule has 1 aliphatic heterocycles. The van der Waals surface area contributed by atoms with Crippen LogP contribution in [0.2, 0.25) is 0 Å². The Hall–Kier alpha value is -2.21. The van der Waals surface area contributed by atoms with Crippen LogP contribution in [0.3, 0.4) is 0 Å². The molecule has 6 heteroatoms. The Kier molecular flexibility index (Phi) is 3.96. The van der Waals surface area contributed by atoms with Gasteiger partial charge in [0.1, 0.15) is 5.69 Å². The summed E-state index contributed by atoms with van der Waals surface area (Å²) in [6.07, 6.45) is 3.78. The molecule has 1 N–H and O–H groups in total. The quantitative estimate of drug-likeness (QED) is 0.927. The molecule has 2 aromatic heterocycles. The van der Waals surface area contributed by atoms with E-state index in [1.54, 1.807) is 12.3 Å². The van der Waals surface area contributed by atoms with Gasteiger partial charge in [-0.25, -0.2) is 0 Å². The van der Waals surface area contributed by atoms with Crippen molar-refractivity contribution in [2.75, 3.05) is 20.1 Å². The Bertz CT molecular complexity index is 611. The highest BCUT2D eigenvalue weighted by Gasteiger charge is 2.26. The molecular weight excluding hydrogens is 268 g/mol. The van der Waals surface area contributed by atoms with Crippen molar-refractivity contribution in [1.29, 1.82) is 0 Å². The van der Waals surface area contributed by atoms with Crippen LogP contribution < -0.4 is 5.32 Å². The standard InChI is InChI=1S/C15H18N4O2/c1-16-11-5-4-8-19(10-11)15(20)14-9-13(18-21-14)12-6-2-3-7-17-12/h2-3,6-7,9,11,16H,4-5,8,10H2,1H3. The van der Waals surface area contributed by atoms with Crippen LogP contribution in [0.4, 0.5) is 0 Å². The first kappa shape index (κ1) is 13.8. The minimum absolute atomic E-state index is 0.107. The molecule has 3 heterocycles. The maximum absolute atomic E-state index is 12.4. The molecule has 1 saturated heterocycles. The highest BCUT2D eigenvalue weighted by Crippen LogP contribution is 2.19. The zero-order valence-electron chi connectivity index (χ0n) is 12.0. The molecule has 1 aliphatic rings. The summed E-state index contributed by atoms with van der Waals surface area (Å²) >= 11 is 0. The van der Waals surface area contributed by atoms with E-state index in [1.165, 1.54) is 0 Å². The lowest BCUT2D eigenvalue weighted by molar-refractivity contribution is 0.0656. The van der Waals surface area contributed by atoms with Crippen LogP contribution in [0.5, 0.6) is 0 Å². The van der Waals surface area contributed by atoms with E-state index in [9.17, 15) is 4.79 Å². The predicted molar refractivity (Wildman–Crippen MR) is 77.7 cm³/mol. The molecule has 0 saturated carbocycles. The monoisotopic (exact) mass is 286 g/mol. The third-order valence-electron chi connectivity index (χ3n) is 3.77. The van der Waals surface area contributed by atoms with Gasteiger partial charge in [-0.15, -0.1) is 0 Å². The number of carbonyl (C=O) groups excluding carboxylic acids is 1. The fraction of sp³-hybridized carbons (Fsp3) is 0.400. The lowest BCUT2D eigenvalue weighted by Crippen LogP contribution is -2.46. The minimum Gasteiger partial charge on any atom is -0.350 e. The van der Waals surface area contributed by atoms with Crippen LogP contribution in [-0.2, 0) is 0 Å². The van der Waals surface area contributed by atoms with E-state index < -0.39 is 0 Å². The van der Waals surface area contributed by atoms with E-state index in [0.29, 0.717) is 24.0 Å². The molecule has 1 atom stereocenters. The number of piperidine rings is 1. The van der Waals surface area contributed by atoms with Gasteiger partial charge < -0.3 is 14.7 Å². The smallest absolute Gasteiger partial charge is 0.292 e. The van der Waals surface area contributed by atoms with E-state index in [4.69, 9.17) is 4.52 Å². The Labute approximate surface area is 123 Å². The van der Waals surface area contributed by atoms with Crippen molar-refractivity contribution in [1.82, 2.24) is 20.4 Å². The highest BCUT2D eigenvalue weighted by molar-refractivity contribution is 5.92. The van der Waals surface area contributed by atoms with Crippen LogP contribution >= 0.6 is 0 Å². The normalized spacial score (nSPS) is 18.7. The summed E-state index contributed by atoms with van der Waals surface area (Å²) in [5.41, 5.74) is 1.29. The minimum atomic E-state index is -0.107. The van der Waals surface area contributed by atoms with Crippen molar-refractivity contribution >= 4 is 5.91 Å². The number of hydrogen-bond acceptors (Lipinski definition) is 5. The highest BCUT2D eigenvalue weighted by atomic mass is 16.5. The molecule has 0 bridgehead atoms. The predicted octanol–water partition coefficient (Wildman–Crippen LogP) is 1.56. The van der Waals surface area contributed by atoms with Crippen LogP contribution in [0.1, 0.15) is 23.4 Å². The summed E-state index contributed by atoms with van der Waals surface area (Å²) in [5.74, 6) is 0.164. The number of nitrogens with one attached hydrogen (secondary N) is 1. The summed E-state index contributed by atoms with van der Waals surface area (Å²) in [4.78, 5) is 18.5. The van der Waals surface area contributed by atoms with Gasteiger partial charge in [0.25, 0.3) is 5.91 Å². The topological polar surface area (TPSA) is 71.3 Å². The first-order valence-corrected chi connectivity index (χ1v) is 7.12. The van der Waals surface area contributed by atoms with Gasteiger partial charge in [0.05, 0.1) is 5.69 Å². The molecule has 0 spiro atoms. The average Bonchev–Trinajstić information content (AvgIpc) is 3.05. The number of aromatic nitrogens is 2. The van der Waals surface area contributed by atoms with Crippen molar-refractivity contribution in [3.05, 3.63) is 36.2 Å². The molecule has 21 heavy (non-hydrogen) atoms. The second-order valence-electron chi connectivity index (χ2n) is 5.17. The molecule has 110 valence electrons. The lowest BCUT2D eigenvalue weighted by Gasteiger charge is -2.31. The van der Waals surface area contributed by atoms with Gasteiger partial charge in [0.15, 0.2) is 0 Å². The largest absolute Gasteiger partial charge is 0.350 e. The van der Waals surface area contributed by atoms with Crippen LogP contribution in [-0.4, -0.2) is 47.1 Å². The van der Waals surface area contributed by atoms with Gasteiger partial charge in [-0.2, -0.15) is 0 Å². The molecule has 3 rings (SSSR count). The summed E-state index contributed by atoms with van der Waals surface area (Å²) in [6.45, 7) is 1.46. The SMILES string of the molecule is CNC1CCCN(C(=O)c2cc(-c3ccccn3)no2)C1. The van der Waals surface area contributed by atoms with Gasteiger partial charge >= 0.3 is 0 Å². The molecule has 1 amide bonds. The van der Waals surface area contributed by atoms with Gasteiger partial charge in [0, 0.05) is 31.4 Å². The number of likely N-dealkylation sites (tertiary alicyclic amines) is 1. The number of nitrogens with zero attached hydrogens (tertiary/aromatic N) is 3. The zero-order valence-corrected chi connectivity index (χ0v) is 12.0. The molecule has 1 unspecified atom stereocenters. The van der Waals surface area contributed by atoms with Crippen molar-refractivity contribution < 1.29 is 9.32 Å². The fourth-order valence-electron chi connectivity index (χ4n) is 2.56. The van der Waals surface area contributed by atoms with Crippen molar-refractivity contribution in [2.45, 2.75) is 18.9 Å². The number of amides is 1. The molecule has 0 aromatic carbocycles. The molecule has 6 nitrogen and oxygen atoms in total. The van der Waals surface area contributed by atoms with Gasteiger partial charge in [-0.05, 0) is 32.0 Å². The molecule has 2 aromatic rings. The second kappa shape index (κ2) is 6.05. The maximum Gasteiger partial charge on any atom is 0.292 e. The first-order chi connectivity index (χ1) is 10.3. The van der Waals surface area contributed by atoms with Gasteiger partial charge in [-0.3, -0.25) is 9.78 Å². The van der Waals surface area contributed by atoms with Crippen LogP contribution in [0.25, 0.3) is 11.4 Å². The summed E-state index contributed by atoms with van der Waals surface area (Å²) in [7, 11) is 1.92. The second-order valence-corrected chi connectivity index (χ2v) is 5.17. The number of hydrogen-bond donors (Lipinski definition) is 1. The Balaban J connectivity index is 1.75. The molecular formula is C15H18N4O2. The van der Waals surface area contributed by atoms with Crippen molar-refractivity contribution in [3.63, 3.8) is 0 Å². The molecule has 0 radical (unpaired) electrons. The van der Waals surface area contributed by atoms with E-state index in [0.717, 1.165) is 19.4 Å². The number of likely N-dealkylation sites (N-methyl/N-ethyl adjacent to an activating group) is 1. The Morgan fingerprint density at radius 2 is 2.33 bits per heavy atom. The Morgan fingerprint density at radius 1 is 1.43 bits per heavy atom. The average molecular weight is 286 g/mol. The zero-order chi connectivity index (χ0) is 14.7. The van der Waals surface area contributed by atoms with Gasteiger partial charge in [0.2, 0.25) is 5.76 Å². The summed E-state index contributed by atoms with van der Waals surface area (Å²) in [5, 5.41) is 7.16. The van der Waals surface area contributed by atoms with E-state index in [1.807, 2.05) is 30.1 Å². The van der Waals surface area contributed by atoms with Crippen LogP contribution in [0, 0.1) is 0 Å². The van der Waals surface area contributed by atoms with E-state index >= 15 is 0 Å². The van der Waals surface area contributed by atoms with E-state index in [-0.39, 0.29) is 11.7 Å². The number of carbonyl (C=O) groups is 1. The molecule has 0 aliphatic carbocycles. The van der Waals surface area contributed by atoms with Gasteiger partial charge in [-0.1, -0.05) is 11.2 Å². The lowest BCUT2D eigenvalue weighted by atomic mass is 10.1. The third kappa shape index (κ3) is 2.95. The summed E-state index contributed by atoms with van der Waals surface area (Å²) < 4.78 is 5.20. The summed E-state index contributed by atoms with van der Waals surface area (Å²) in [6, 6.07) is 7.56. The van der Waals surface area contributed by atoms with Crippen molar-refractivity contribution in [3.8, 4) is 11.4 Å². The van der Waals surface area contributed by atoms with Crippen molar-refractivity contribution in [2.24, 2.45) is 0 Å².